The number of anilines is 1. The van der Waals surface area contributed by atoms with Gasteiger partial charge in [-0.05, 0) is 17.7 Å². The predicted octanol–water partition coefficient (Wildman–Crippen LogP) is 0.518. The molecule has 0 unspecified atom stereocenters. The Hall–Kier alpha value is -1.17. The van der Waals surface area contributed by atoms with Crippen LogP contribution in [0.4, 0.5) is 5.82 Å². The van der Waals surface area contributed by atoms with E-state index in [0.29, 0.717) is 39.1 Å². The fourth-order valence-electron chi connectivity index (χ4n) is 2.23. The maximum absolute atomic E-state index is 10.5. The zero-order valence-corrected chi connectivity index (χ0v) is 10.8. The Bertz CT molecular complexity index is 392. The molecule has 5 nitrogen and oxygen atoms in total. The monoisotopic (exact) mass is 251 g/mol. The first-order valence-electron chi connectivity index (χ1n) is 6.29. The van der Waals surface area contributed by atoms with Crippen LogP contribution in [0.15, 0.2) is 18.3 Å². The number of aliphatic hydroxyl groups is 1. The summed E-state index contributed by atoms with van der Waals surface area (Å²) in [5.74, 6) is 0.845. The highest BCUT2D eigenvalue weighted by molar-refractivity contribution is 5.40. The van der Waals surface area contributed by atoms with Crippen LogP contribution < -0.4 is 10.6 Å². The first kappa shape index (κ1) is 13.3. The van der Waals surface area contributed by atoms with Crippen molar-refractivity contribution < 1.29 is 9.84 Å². The molecule has 0 aliphatic carbocycles. The molecule has 1 fully saturated rings. The molecule has 1 aliphatic heterocycles. The molecule has 5 heteroatoms. The molecule has 3 N–H and O–H groups in total. The molecule has 0 radical (unpaired) electrons. The van der Waals surface area contributed by atoms with Crippen LogP contribution in [-0.4, -0.2) is 42.5 Å². The van der Waals surface area contributed by atoms with Gasteiger partial charge in [-0.1, -0.05) is 0 Å². The van der Waals surface area contributed by atoms with Gasteiger partial charge in [0.25, 0.3) is 0 Å². The van der Waals surface area contributed by atoms with E-state index in [4.69, 9.17) is 10.5 Å². The minimum atomic E-state index is -0.673. The molecular formula is C13H21N3O2. The first-order chi connectivity index (χ1) is 8.63. The van der Waals surface area contributed by atoms with E-state index in [1.165, 1.54) is 0 Å². The predicted molar refractivity (Wildman–Crippen MR) is 70.4 cm³/mol. The molecule has 2 rings (SSSR count). The van der Waals surface area contributed by atoms with Crippen LogP contribution in [0.1, 0.15) is 18.4 Å². The van der Waals surface area contributed by atoms with Gasteiger partial charge in [0.05, 0.1) is 5.60 Å². The zero-order chi connectivity index (χ0) is 13.0. The first-order valence-corrected chi connectivity index (χ1v) is 6.29. The Kier molecular flexibility index (Phi) is 4.16. The topological polar surface area (TPSA) is 71.6 Å². The number of nitrogens with two attached hydrogens (primary N) is 1. The second-order valence-electron chi connectivity index (χ2n) is 4.92. The van der Waals surface area contributed by atoms with E-state index in [-0.39, 0.29) is 0 Å². The van der Waals surface area contributed by atoms with Gasteiger partial charge in [0.15, 0.2) is 0 Å². The number of rotatable bonds is 4. The Balaban J connectivity index is 2.03. The molecule has 2 heterocycles. The lowest BCUT2D eigenvalue weighted by atomic mass is 9.94. The highest BCUT2D eigenvalue weighted by Gasteiger charge is 2.31. The van der Waals surface area contributed by atoms with Gasteiger partial charge in [0.2, 0.25) is 0 Å². The van der Waals surface area contributed by atoms with Crippen LogP contribution >= 0.6 is 0 Å². The molecule has 18 heavy (non-hydrogen) atoms. The highest BCUT2D eigenvalue weighted by Crippen LogP contribution is 2.23. The van der Waals surface area contributed by atoms with Crippen LogP contribution in [0.3, 0.4) is 0 Å². The van der Waals surface area contributed by atoms with Crippen molar-refractivity contribution in [1.82, 2.24) is 4.98 Å². The SMILES string of the molecule is CN(CC1(O)CCOCC1)c1cc(CN)ccn1. The van der Waals surface area contributed by atoms with E-state index in [9.17, 15) is 5.11 Å². The quantitative estimate of drug-likeness (QED) is 0.816. The van der Waals surface area contributed by atoms with Crippen molar-refractivity contribution in [3.63, 3.8) is 0 Å². The number of aromatic nitrogens is 1. The summed E-state index contributed by atoms with van der Waals surface area (Å²) < 4.78 is 5.28. The summed E-state index contributed by atoms with van der Waals surface area (Å²) in [6.07, 6.45) is 3.10. The standard InChI is InChI=1S/C13H21N3O2/c1-16(10-13(17)3-6-18-7-4-13)12-8-11(9-14)2-5-15-12/h2,5,8,17H,3-4,6-7,9-10,14H2,1H3. The molecule has 1 aromatic rings. The molecule has 0 spiro atoms. The van der Waals surface area contributed by atoms with Gasteiger partial charge in [0.1, 0.15) is 5.82 Å². The van der Waals surface area contributed by atoms with Gasteiger partial charge in [-0.25, -0.2) is 4.98 Å². The summed E-state index contributed by atoms with van der Waals surface area (Å²) in [6, 6.07) is 3.86. The van der Waals surface area contributed by atoms with Crippen molar-refractivity contribution in [1.29, 1.82) is 0 Å². The Labute approximate surface area is 108 Å². The molecule has 100 valence electrons. The zero-order valence-electron chi connectivity index (χ0n) is 10.8. The van der Waals surface area contributed by atoms with Crippen LogP contribution in [-0.2, 0) is 11.3 Å². The summed E-state index contributed by atoms with van der Waals surface area (Å²) in [4.78, 5) is 6.29. The van der Waals surface area contributed by atoms with E-state index in [0.717, 1.165) is 11.4 Å². The van der Waals surface area contributed by atoms with Crippen molar-refractivity contribution in [3.05, 3.63) is 23.9 Å². The van der Waals surface area contributed by atoms with Crippen LogP contribution in [0, 0.1) is 0 Å². The molecule has 0 saturated carbocycles. The highest BCUT2D eigenvalue weighted by atomic mass is 16.5. The lowest BCUT2D eigenvalue weighted by Crippen LogP contribution is -2.46. The minimum absolute atomic E-state index is 0.501. The van der Waals surface area contributed by atoms with Gasteiger partial charge in [-0.3, -0.25) is 0 Å². The van der Waals surface area contributed by atoms with Gasteiger partial charge in [-0.2, -0.15) is 0 Å². The normalized spacial score (nSPS) is 18.6. The van der Waals surface area contributed by atoms with Crippen molar-refractivity contribution in [3.8, 4) is 0 Å². The summed E-state index contributed by atoms with van der Waals surface area (Å²) in [6.45, 7) is 2.32. The lowest BCUT2D eigenvalue weighted by molar-refractivity contribution is -0.0573. The molecule has 1 saturated heterocycles. The largest absolute Gasteiger partial charge is 0.388 e. The lowest BCUT2D eigenvalue weighted by Gasteiger charge is -2.35. The van der Waals surface area contributed by atoms with Crippen molar-refractivity contribution in [2.45, 2.75) is 25.0 Å². The van der Waals surface area contributed by atoms with E-state index >= 15 is 0 Å². The second-order valence-corrected chi connectivity index (χ2v) is 4.92. The van der Waals surface area contributed by atoms with E-state index < -0.39 is 5.60 Å². The van der Waals surface area contributed by atoms with Gasteiger partial charge in [0, 0.05) is 52.4 Å². The second kappa shape index (κ2) is 5.65. The fraction of sp³-hybridized carbons (Fsp3) is 0.615. The molecule has 0 aromatic carbocycles. The van der Waals surface area contributed by atoms with Crippen LogP contribution in [0.25, 0.3) is 0 Å². The number of nitrogens with zero attached hydrogens (tertiary/aromatic N) is 2. The minimum Gasteiger partial charge on any atom is -0.388 e. The van der Waals surface area contributed by atoms with Crippen LogP contribution in [0.5, 0.6) is 0 Å². The third kappa shape index (κ3) is 3.19. The molecule has 0 amide bonds. The van der Waals surface area contributed by atoms with E-state index in [1.54, 1.807) is 6.20 Å². The van der Waals surface area contributed by atoms with Crippen molar-refractivity contribution in [2.75, 3.05) is 31.7 Å². The maximum Gasteiger partial charge on any atom is 0.128 e. The molecule has 0 bridgehead atoms. The third-order valence-corrected chi connectivity index (χ3v) is 3.39. The fourth-order valence-corrected chi connectivity index (χ4v) is 2.23. The van der Waals surface area contributed by atoms with Gasteiger partial charge >= 0.3 is 0 Å². The van der Waals surface area contributed by atoms with Crippen LogP contribution in [0.2, 0.25) is 0 Å². The summed E-state index contributed by atoms with van der Waals surface area (Å²) in [5, 5.41) is 10.5. The Morgan fingerprint density at radius 1 is 1.50 bits per heavy atom. The van der Waals surface area contributed by atoms with Gasteiger partial charge in [-0.15, -0.1) is 0 Å². The number of pyridine rings is 1. The molecule has 0 atom stereocenters. The molecular weight excluding hydrogens is 230 g/mol. The van der Waals surface area contributed by atoms with E-state index in [1.807, 2.05) is 24.1 Å². The average Bonchev–Trinajstić information content (AvgIpc) is 2.39. The smallest absolute Gasteiger partial charge is 0.128 e. The third-order valence-electron chi connectivity index (χ3n) is 3.39. The van der Waals surface area contributed by atoms with Gasteiger partial charge < -0.3 is 20.5 Å². The number of likely N-dealkylation sites (N-methyl/N-ethyl adjacent to an activating group) is 1. The Morgan fingerprint density at radius 2 is 2.22 bits per heavy atom. The number of hydrogen-bond acceptors (Lipinski definition) is 5. The number of hydrogen-bond donors (Lipinski definition) is 2. The number of ether oxygens (including phenoxy) is 1. The average molecular weight is 251 g/mol. The summed E-state index contributed by atoms with van der Waals surface area (Å²) >= 11 is 0. The summed E-state index contributed by atoms with van der Waals surface area (Å²) in [7, 11) is 1.94. The maximum atomic E-state index is 10.5. The van der Waals surface area contributed by atoms with E-state index in [2.05, 4.69) is 4.98 Å². The van der Waals surface area contributed by atoms with Crippen molar-refractivity contribution >= 4 is 5.82 Å². The molecule has 1 aliphatic rings. The summed E-state index contributed by atoms with van der Waals surface area (Å²) in [5.41, 5.74) is 5.99. The molecule has 1 aromatic heterocycles. The van der Waals surface area contributed by atoms with Crippen molar-refractivity contribution in [2.24, 2.45) is 5.73 Å². The Morgan fingerprint density at radius 3 is 2.89 bits per heavy atom.